The predicted molar refractivity (Wildman–Crippen MR) is 90.9 cm³/mol. The summed E-state index contributed by atoms with van der Waals surface area (Å²) in [6.45, 7) is 2.29. The van der Waals surface area contributed by atoms with E-state index in [4.69, 9.17) is 9.47 Å². The quantitative estimate of drug-likeness (QED) is 0.752. The Hall–Kier alpha value is -2.70. The first-order chi connectivity index (χ1) is 12.4. The molecule has 1 amide bonds. The number of benzene rings is 2. The first-order valence-corrected chi connectivity index (χ1v) is 8.19. The van der Waals surface area contributed by atoms with E-state index in [1.54, 1.807) is 6.92 Å². The highest BCUT2D eigenvalue weighted by molar-refractivity contribution is 5.66. The molecular weight excluding hydrogens is 347 g/mol. The Morgan fingerprint density at radius 3 is 2.31 bits per heavy atom. The van der Waals surface area contributed by atoms with Gasteiger partial charge in [0.2, 0.25) is 0 Å². The van der Waals surface area contributed by atoms with Crippen molar-refractivity contribution in [2.75, 3.05) is 13.2 Å². The monoisotopic (exact) mass is 367 g/mol. The van der Waals surface area contributed by atoms with Gasteiger partial charge in [-0.15, -0.1) is 0 Å². The Labute approximate surface area is 149 Å². The van der Waals surface area contributed by atoms with Crippen LogP contribution in [0, 0.1) is 0 Å². The van der Waals surface area contributed by atoms with Crippen molar-refractivity contribution >= 4 is 6.09 Å². The Kier molecular flexibility index (Phi) is 6.89. The van der Waals surface area contributed by atoms with Crippen molar-refractivity contribution in [1.82, 2.24) is 5.32 Å². The van der Waals surface area contributed by atoms with Crippen molar-refractivity contribution in [3.63, 3.8) is 0 Å². The van der Waals surface area contributed by atoms with Crippen LogP contribution >= 0.6 is 0 Å². The highest BCUT2D eigenvalue weighted by Gasteiger charge is 2.30. The fourth-order valence-corrected chi connectivity index (χ4v) is 2.34. The number of halogens is 3. The van der Waals surface area contributed by atoms with E-state index in [-0.39, 0.29) is 6.61 Å². The number of hydrogen-bond donors (Lipinski definition) is 1. The fourth-order valence-electron chi connectivity index (χ4n) is 2.34. The van der Waals surface area contributed by atoms with Crippen molar-refractivity contribution in [2.45, 2.75) is 25.6 Å². The Morgan fingerprint density at radius 2 is 1.73 bits per heavy atom. The van der Waals surface area contributed by atoms with E-state index in [1.165, 1.54) is 12.1 Å². The zero-order chi connectivity index (χ0) is 19.0. The summed E-state index contributed by atoms with van der Waals surface area (Å²) in [5.41, 5.74) is 0.128. The van der Waals surface area contributed by atoms with Crippen LogP contribution in [0.25, 0.3) is 0 Å². The van der Waals surface area contributed by atoms with Crippen LogP contribution in [0.5, 0.6) is 5.75 Å². The van der Waals surface area contributed by atoms with Gasteiger partial charge >= 0.3 is 12.3 Å². The summed E-state index contributed by atoms with van der Waals surface area (Å²) in [7, 11) is 0. The standard InChI is InChI=1S/C19H20F3NO3/c1-2-25-18(24)23-13-12-17(14-6-4-3-5-7-14)26-16-10-8-15(9-11-16)19(20,21)22/h3-11,17H,2,12-13H2,1H3,(H,23,24). The molecule has 2 rings (SSSR count). The second-order valence-electron chi connectivity index (χ2n) is 5.48. The molecule has 4 nitrogen and oxygen atoms in total. The van der Waals surface area contributed by atoms with Crippen molar-refractivity contribution in [1.29, 1.82) is 0 Å². The molecule has 0 aromatic heterocycles. The van der Waals surface area contributed by atoms with Gasteiger partial charge in [0.05, 0.1) is 12.2 Å². The molecule has 0 spiro atoms. The first kappa shape index (κ1) is 19.6. The van der Waals surface area contributed by atoms with E-state index in [1.807, 2.05) is 30.3 Å². The molecule has 26 heavy (non-hydrogen) atoms. The van der Waals surface area contributed by atoms with Crippen molar-refractivity contribution in [3.8, 4) is 5.75 Å². The normalized spacial score (nSPS) is 12.3. The predicted octanol–water partition coefficient (Wildman–Crippen LogP) is 4.96. The molecule has 0 saturated carbocycles. The summed E-state index contributed by atoms with van der Waals surface area (Å²) in [6, 6.07) is 13.8. The van der Waals surface area contributed by atoms with Crippen molar-refractivity contribution < 1.29 is 27.4 Å². The van der Waals surface area contributed by atoms with Crippen LogP contribution in [0.1, 0.15) is 30.6 Å². The van der Waals surface area contributed by atoms with Gasteiger partial charge in [-0.3, -0.25) is 0 Å². The lowest BCUT2D eigenvalue weighted by atomic mass is 10.1. The van der Waals surface area contributed by atoms with E-state index < -0.39 is 23.9 Å². The summed E-state index contributed by atoms with van der Waals surface area (Å²) in [4.78, 5) is 11.4. The zero-order valence-electron chi connectivity index (χ0n) is 14.3. The number of carbonyl (C=O) groups excluding carboxylic acids is 1. The van der Waals surface area contributed by atoms with Crippen molar-refractivity contribution in [3.05, 3.63) is 65.7 Å². The maximum atomic E-state index is 12.7. The third kappa shape index (κ3) is 5.98. The first-order valence-electron chi connectivity index (χ1n) is 8.19. The van der Waals surface area contributed by atoms with Gasteiger partial charge in [0.25, 0.3) is 0 Å². The molecule has 0 radical (unpaired) electrons. The lowest BCUT2D eigenvalue weighted by Gasteiger charge is -2.20. The van der Waals surface area contributed by atoms with Gasteiger partial charge in [0.1, 0.15) is 11.9 Å². The largest absolute Gasteiger partial charge is 0.486 e. The van der Waals surface area contributed by atoms with Gasteiger partial charge in [-0.05, 0) is 36.8 Å². The third-order valence-electron chi connectivity index (χ3n) is 3.58. The zero-order valence-corrected chi connectivity index (χ0v) is 14.3. The number of nitrogens with one attached hydrogen (secondary N) is 1. The van der Waals surface area contributed by atoms with Gasteiger partial charge in [-0.2, -0.15) is 13.2 Å². The Morgan fingerprint density at radius 1 is 1.08 bits per heavy atom. The SMILES string of the molecule is CCOC(=O)NCCC(Oc1ccc(C(F)(F)F)cc1)c1ccccc1. The van der Waals surface area contributed by atoms with Crippen molar-refractivity contribution in [2.24, 2.45) is 0 Å². The van der Waals surface area contributed by atoms with E-state index in [9.17, 15) is 18.0 Å². The molecule has 140 valence electrons. The third-order valence-corrected chi connectivity index (χ3v) is 3.58. The maximum absolute atomic E-state index is 12.7. The van der Waals surface area contributed by atoms with Crippen LogP contribution < -0.4 is 10.1 Å². The number of alkyl carbamates (subject to hydrolysis) is 1. The molecular formula is C19H20F3NO3. The number of hydrogen-bond acceptors (Lipinski definition) is 3. The van der Waals surface area contributed by atoms with Gasteiger partial charge < -0.3 is 14.8 Å². The second-order valence-corrected chi connectivity index (χ2v) is 5.48. The van der Waals surface area contributed by atoms with Gasteiger partial charge in [-0.25, -0.2) is 4.79 Å². The molecule has 2 aromatic carbocycles. The Bertz CT molecular complexity index is 687. The smallest absolute Gasteiger partial charge is 0.416 e. The van der Waals surface area contributed by atoms with E-state index in [2.05, 4.69) is 5.32 Å². The van der Waals surface area contributed by atoms with E-state index >= 15 is 0 Å². The summed E-state index contributed by atoms with van der Waals surface area (Å²) in [5.74, 6) is 0.322. The minimum absolute atomic E-state index is 0.274. The number of carbonyl (C=O) groups is 1. The average molecular weight is 367 g/mol. The molecule has 0 aliphatic rings. The topological polar surface area (TPSA) is 47.6 Å². The number of rotatable bonds is 7. The molecule has 0 heterocycles. The molecule has 0 aliphatic carbocycles. The number of alkyl halides is 3. The summed E-state index contributed by atoms with van der Waals surface area (Å²) >= 11 is 0. The van der Waals surface area contributed by atoms with E-state index in [0.29, 0.717) is 18.7 Å². The molecule has 0 fully saturated rings. The fraction of sp³-hybridized carbons (Fsp3) is 0.316. The average Bonchev–Trinajstić information content (AvgIpc) is 2.61. The molecule has 2 aromatic rings. The summed E-state index contributed by atoms with van der Waals surface area (Å²) < 4.78 is 48.6. The number of amides is 1. The van der Waals surface area contributed by atoms with Gasteiger partial charge in [0, 0.05) is 13.0 Å². The van der Waals surface area contributed by atoms with Crippen LogP contribution in [-0.2, 0) is 10.9 Å². The van der Waals surface area contributed by atoms with Gasteiger partial charge in [0.15, 0.2) is 0 Å². The highest BCUT2D eigenvalue weighted by atomic mass is 19.4. The molecule has 7 heteroatoms. The maximum Gasteiger partial charge on any atom is 0.416 e. The lowest BCUT2D eigenvalue weighted by Crippen LogP contribution is -2.27. The van der Waals surface area contributed by atoms with Crippen LogP contribution in [0.4, 0.5) is 18.0 Å². The summed E-state index contributed by atoms with van der Waals surface area (Å²) in [5, 5.41) is 2.61. The molecule has 1 atom stereocenters. The van der Waals surface area contributed by atoms with Crippen LogP contribution in [-0.4, -0.2) is 19.2 Å². The minimum atomic E-state index is -4.39. The Balaban J connectivity index is 2.05. The lowest BCUT2D eigenvalue weighted by molar-refractivity contribution is -0.137. The summed E-state index contributed by atoms with van der Waals surface area (Å²) in [6.07, 6.45) is -4.89. The highest BCUT2D eigenvalue weighted by Crippen LogP contribution is 2.31. The molecule has 0 bridgehead atoms. The molecule has 0 saturated heterocycles. The van der Waals surface area contributed by atoms with Crippen LogP contribution in [0.3, 0.4) is 0 Å². The molecule has 1 unspecified atom stereocenters. The van der Waals surface area contributed by atoms with Crippen LogP contribution in [0.2, 0.25) is 0 Å². The number of ether oxygens (including phenoxy) is 2. The second kappa shape index (κ2) is 9.12. The molecule has 0 aliphatic heterocycles. The van der Waals surface area contributed by atoms with E-state index in [0.717, 1.165) is 17.7 Å². The molecule has 1 N–H and O–H groups in total. The minimum Gasteiger partial charge on any atom is -0.486 e. The van der Waals surface area contributed by atoms with Crippen LogP contribution in [0.15, 0.2) is 54.6 Å². The van der Waals surface area contributed by atoms with Gasteiger partial charge in [-0.1, -0.05) is 30.3 Å².